The van der Waals surface area contributed by atoms with Crippen molar-refractivity contribution in [2.45, 2.75) is 110 Å². The molecule has 2 bridgehead atoms. The van der Waals surface area contributed by atoms with E-state index in [1.807, 2.05) is 66.7 Å². The number of aldehydes is 2. The topological polar surface area (TPSA) is 318 Å². The molecule has 20 nitrogen and oxygen atoms in total. The molecule has 3 aromatic carbocycles. The van der Waals surface area contributed by atoms with Gasteiger partial charge in [0.15, 0.2) is 5.96 Å². The van der Waals surface area contributed by atoms with Gasteiger partial charge in [-0.2, -0.15) is 0 Å². The van der Waals surface area contributed by atoms with Crippen LogP contribution in [-0.4, -0.2) is 135 Å². The lowest BCUT2D eigenvalue weighted by atomic mass is 9.58. The van der Waals surface area contributed by atoms with E-state index in [2.05, 4.69) is 42.2 Å². The van der Waals surface area contributed by atoms with Gasteiger partial charge in [-0.25, -0.2) is 4.79 Å². The SMILES string of the molecule is CC1([C@@H]2Cc3ccccc3N2)NC(O)[C@H]2NC(C3C(=O)[C@@H]4CC45NC(=O)N(C5C=O)C4(CC4)C(=O)NC3(C=O)Cc3ccc4ccccc4c3)C2(CCN=C(N)N)NC[C@@H](C(N)=O)NC1=O. The highest BCUT2D eigenvalue weighted by Gasteiger charge is 2.78. The average Bonchev–Trinajstić information content (AvgIpc) is 4.16. The third kappa shape index (κ3) is 6.47. The number of carbonyl (C=O) groups is 7. The Bertz CT molecular complexity index is 2600. The minimum atomic E-state index is -2.03. The number of ketones is 1. The van der Waals surface area contributed by atoms with Gasteiger partial charge in [-0.3, -0.25) is 34.4 Å². The number of urea groups is 1. The molecule has 7 aliphatic rings. The van der Waals surface area contributed by atoms with Gasteiger partial charge in [0, 0.05) is 37.2 Å². The number of aliphatic hydroxyl groups excluding tert-OH is 1. The first-order valence-corrected chi connectivity index (χ1v) is 22.4. The van der Waals surface area contributed by atoms with E-state index in [1.54, 1.807) is 6.92 Å². The minimum absolute atomic E-state index is 0.0287. The number of fused-ring (bicyclic) bond motifs is 5. The molecule has 20 heteroatoms. The molecule has 2 aliphatic carbocycles. The number of amides is 5. The number of aliphatic imine (C=N–C) groups is 1. The van der Waals surface area contributed by atoms with Gasteiger partial charge in [0.2, 0.25) is 17.7 Å². The first kappa shape index (κ1) is 43.4. The number of nitrogens with two attached hydrogens (primary N) is 3. The van der Waals surface area contributed by atoms with Crippen molar-refractivity contribution in [3.63, 3.8) is 0 Å². The number of Topliss-reactive ketones (excluding diaryl/α,β-unsaturated/α-hetero) is 1. The van der Waals surface area contributed by atoms with E-state index in [4.69, 9.17) is 17.2 Å². The van der Waals surface area contributed by atoms with Gasteiger partial charge in [0.25, 0.3) is 0 Å². The molecule has 8 unspecified atom stereocenters. The number of carbonyl (C=O) groups excluding carboxylic acids is 7. The van der Waals surface area contributed by atoms with Crippen molar-refractivity contribution in [1.29, 1.82) is 0 Å². The fourth-order valence-corrected chi connectivity index (χ4v) is 12.0. The standard InChI is InChI=1S/C46H54N12O8/c1-42(30-17-26-8-4-5-9-28(26)52-30)38(64)53-29(36(47)62)20-51-45(14-15-50-40(48)49)34(54-35(45)37(63)55-42)32-33(61)27-19-46(27)31(21-59)58(41(66)57-46)44(12-13-44)39(65)56-43(32,22-60)18-23-10-11-24-6-2-3-7-25(24)16-23/h2-11,16,21-22,27,29-32,34-35,37,51-52,54-55,63H,12-15,17-20H2,1H3,(H2,47,62)(H,53,64)(H,56,65)(H,57,66)(H4,48,49,50)/t27-,29-,30-,31?,32?,34?,35+,37?,42?,43?,45?,46?/m0/s1. The second-order valence-electron chi connectivity index (χ2n) is 19.4. The molecule has 14 N–H and O–H groups in total. The van der Waals surface area contributed by atoms with Gasteiger partial charge in [-0.05, 0) is 67.0 Å². The Balaban J connectivity index is 1.13. The summed E-state index contributed by atoms with van der Waals surface area (Å²) in [6.45, 7) is 1.23. The zero-order valence-electron chi connectivity index (χ0n) is 36.2. The number of hydrogen-bond donors (Lipinski definition) is 11. The molecule has 2 saturated carbocycles. The van der Waals surface area contributed by atoms with Crippen LogP contribution in [-0.2, 0) is 41.6 Å². The van der Waals surface area contributed by atoms with Crippen LogP contribution in [0.4, 0.5) is 10.5 Å². The van der Waals surface area contributed by atoms with Crippen LogP contribution >= 0.6 is 0 Å². The number of anilines is 1. The summed E-state index contributed by atoms with van der Waals surface area (Å²) in [5.41, 5.74) is 12.1. The predicted octanol–water partition coefficient (Wildman–Crippen LogP) is -2.46. The number of rotatable bonds is 10. The molecule has 12 atom stereocenters. The van der Waals surface area contributed by atoms with Crippen molar-refractivity contribution in [2.24, 2.45) is 34.0 Å². The maximum absolute atomic E-state index is 15.9. The lowest BCUT2D eigenvalue weighted by Gasteiger charge is -2.63. The van der Waals surface area contributed by atoms with Gasteiger partial charge in [-0.1, -0.05) is 60.7 Å². The highest BCUT2D eigenvalue weighted by molar-refractivity contribution is 6.04. The molecule has 5 amide bonds. The first-order valence-electron chi connectivity index (χ1n) is 22.4. The third-order valence-corrected chi connectivity index (χ3v) is 15.8. The molecule has 0 radical (unpaired) electrons. The van der Waals surface area contributed by atoms with E-state index in [0.717, 1.165) is 22.0 Å². The second-order valence-corrected chi connectivity index (χ2v) is 19.4. The maximum atomic E-state index is 15.9. The molecule has 2 spiro atoms. The van der Waals surface area contributed by atoms with Crippen LogP contribution in [0, 0.1) is 11.8 Å². The summed E-state index contributed by atoms with van der Waals surface area (Å²) < 4.78 is 0. The molecule has 66 heavy (non-hydrogen) atoms. The summed E-state index contributed by atoms with van der Waals surface area (Å²) in [5, 5.41) is 36.5. The van der Waals surface area contributed by atoms with Crippen LogP contribution in [0.2, 0.25) is 0 Å². The highest BCUT2D eigenvalue weighted by atomic mass is 16.3. The van der Waals surface area contributed by atoms with Gasteiger partial charge in [0.05, 0.1) is 29.1 Å². The lowest BCUT2D eigenvalue weighted by molar-refractivity contribution is -0.149. The van der Waals surface area contributed by atoms with Gasteiger partial charge in [-0.15, -0.1) is 0 Å². The summed E-state index contributed by atoms with van der Waals surface area (Å²) >= 11 is 0. The number of primary amides is 1. The monoisotopic (exact) mass is 902 g/mol. The Morgan fingerprint density at radius 1 is 0.924 bits per heavy atom. The summed E-state index contributed by atoms with van der Waals surface area (Å²) in [6, 6.07) is 14.7. The minimum Gasteiger partial charge on any atom is -0.379 e. The van der Waals surface area contributed by atoms with Gasteiger partial charge >= 0.3 is 6.03 Å². The van der Waals surface area contributed by atoms with Crippen LogP contribution in [0.1, 0.15) is 43.7 Å². The Morgan fingerprint density at radius 3 is 2.36 bits per heavy atom. The maximum Gasteiger partial charge on any atom is 0.319 e. The lowest BCUT2D eigenvalue weighted by Crippen LogP contribution is -2.90. The number of hydrogen-bond acceptors (Lipinski definition) is 13. The number of para-hydroxylation sites is 1. The number of benzene rings is 3. The molecular formula is C46H54N12O8. The van der Waals surface area contributed by atoms with Gasteiger partial charge < -0.3 is 63.8 Å². The van der Waals surface area contributed by atoms with Crippen molar-refractivity contribution in [1.82, 2.24) is 36.8 Å². The molecule has 5 aliphatic heterocycles. The number of guanidine groups is 1. The van der Waals surface area contributed by atoms with Crippen LogP contribution < -0.4 is 54.4 Å². The molecule has 5 heterocycles. The van der Waals surface area contributed by atoms with E-state index in [0.29, 0.717) is 24.6 Å². The Hall–Kier alpha value is -6.48. The molecule has 4 saturated heterocycles. The van der Waals surface area contributed by atoms with Gasteiger partial charge in [0.1, 0.15) is 53.3 Å². The number of nitrogens with one attached hydrogen (secondary N) is 7. The molecule has 3 aromatic rings. The fraction of sp³-hybridized carbons (Fsp3) is 0.478. The van der Waals surface area contributed by atoms with E-state index in [-0.39, 0.29) is 51.2 Å². The van der Waals surface area contributed by atoms with Crippen molar-refractivity contribution in [3.05, 3.63) is 77.9 Å². The molecule has 0 aromatic heterocycles. The zero-order chi connectivity index (χ0) is 46.6. The Morgan fingerprint density at radius 2 is 1.67 bits per heavy atom. The molecule has 10 rings (SSSR count). The van der Waals surface area contributed by atoms with E-state index < -0.39 is 106 Å². The third-order valence-electron chi connectivity index (χ3n) is 15.8. The summed E-state index contributed by atoms with van der Waals surface area (Å²) in [5.74, 6) is -5.43. The van der Waals surface area contributed by atoms with Crippen LogP contribution in [0.5, 0.6) is 0 Å². The summed E-state index contributed by atoms with van der Waals surface area (Å²) in [6.07, 6.45) is 0.267. The Labute approximate surface area is 379 Å². The summed E-state index contributed by atoms with van der Waals surface area (Å²) in [7, 11) is 0. The normalized spacial score (nSPS) is 37.3. The number of nitrogens with zero attached hydrogens (tertiary/aromatic N) is 2. The quantitative estimate of drug-likeness (QED) is 0.0572. The highest BCUT2D eigenvalue weighted by Crippen LogP contribution is 2.59. The molecule has 346 valence electrons. The largest absolute Gasteiger partial charge is 0.379 e. The van der Waals surface area contributed by atoms with E-state index >= 15 is 9.59 Å². The van der Waals surface area contributed by atoms with Crippen LogP contribution in [0.25, 0.3) is 10.8 Å². The van der Waals surface area contributed by atoms with Crippen LogP contribution in [0.15, 0.2) is 71.7 Å². The van der Waals surface area contributed by atoms with Crippen molar-refractivity contribution < 1.29 is 38.7 Å². The predicted molar refractivity (Wildman–Crippen MR) is 239 cm³/mol. The van der Waals surface area contributed by atoms with Crippen molar-refractivity contribution >= 4 is 64.5 Å². The first-order chi connectivity index (χ1) is 31.5. The van der Waals surface area contributed by atoms with E-state index in [1.165, 1.54) is 4.90 Å². The average molecular weight is 903 g/mol. The van der Waals surface area contributed by atoms with Crippen LogP contribution in [0.3, 0.4) is 0 Å². The van der Waals surface area contributed by atoms with Crippen molar-refractivity contribution in [2.75, 3.05) is 18.4 Å². The zero-order valence-corrected chi connectivity index (χ0v) is 36.2. The second kappa shape index (κ2) is 15.3. The summed E-state index contributed by atoms with van der Waals surface area (Å²) in [4.78, 5) is 105. The van der Waals surface area contributed by atoms with Crippen molar-refractivity contribution in [3.8, 4) is 0 Å². The van der Waals surface area contributed by atoms with E-state index in [9.17, 15) is 29.1 Å². The number of aliphatic hydroxyl groups is 1. The Kier molecular flexibility index (Phi) is 10.1. The fourth-order valence-electron chi connectivity index (χ4n) is 12.0. The smallest absolute Gasteiger partial charge is 0.319 e. The molecular weight excluding hydrogens is 849 g/mol. The molecule has 6 fully saturated rings.